The van der Waals surface area contributed by atoms with Crippen molar-refractivity contribution >= 4 is 15.9 Å². The van der Waals surface area contributed by atoms with Gasteiger partial charge in [-0.05, 0) is 58.2 Å². The Balaban J connectivity index is 1.64. The van der Waals surface area contributed by atoms with E-state index in [4.69, 9.17) is 0 Å². The van der Waals surface area contributed by atoms with Gasteiger partial charge in [-0.3, -0.25) is 9.69 Å². The molecule has 1 aromatic rings. The van der Waals surface area contributed by atoms with Crippen molar-refractivity contribution in [2.45, 2.75) is 63.1 Å². The fourth-order valence-corrected chi connectivity index (χ4v) is 5.79. The van der Waals surface area contributed by atoms with E-state index in [-0.39, 0.29) is 28.9 Å². The van der Waals surface area contributed by atoms with Crippen LogP contribution in [0, 0.1) is 5.82 Å². The number of likely N-dealkylation sites (tertiary alicyclic amines) is 1. The van der Waals surface area contributed by atoms with Gasteiger partial charge in [0.25, 0.3) is 0 Å². The van der Waals surface area contributed by atoms with E-state index in [9.17, 15) is 17.6 Å². The van der Waals surface area contributed by atoms with Crippen LogP contribution in [-0.4, -0.2) is 72.7 Å². The van der Waals surface area contributed by atoms with E-state index in [1.165, 1.54) is 22.5 Å². The third-order valence-corrected chi connectivity index (χ3v) is 7.95. The Bertz CT molecular complexity index is 799. The van der Waals surface area contributed by atoms with Crippen LogP contribution < -0.4 is 0 Å². The molecule has 2 fully saturated rings. The number of nitrogens with zero attached hydrogens (tertiary/aromatic N) is 3. The summed E-state index contributed by atoms with van der Waals surface area (Å²) in [6.45, 7) is 7.67. The monoisotopic (exact) mass is 411 g/mol. The van der Waals surface area contributed by atoms with Crippen LogP contribution in [0.15, 0.2) is 29.2 Å². The SMILES string of the molecule is C[C@H](C(=O)N1[C@@H](C)CCC[C@@H]1C)N1CCN(S(=O)(=O)c2cccc(F)c2)CC1. The van der Waals surface area contributed by atoms with Gasteiger partial charge in [0.15, 0.2) is 0 Å². The van der Waals surface area contributed by atoms with E-state index < -0.39 is 15.8 Å². The van der Waals surface area contributed by atoms with E-state index in [2.05, 4.69) is 13.8 Å². The molecule has 1 aromatic carbocycles. The largest absolute Gasteiger partial charge is 0.336 e. The number of halogens is 1. The second-order valence-corrected chi connectivity index (χ2v) is 9.89. The highest BCUT2D eigenvalue weighted by Gasteiger charge is 2.36. The molecule has 2 heterocycles. The third-order valence-electron chi connectivity index (χ3n) is 6.06. The molecule has 1 amide bonds. The number of rotatable bonds is 4. The van der Waals surface area contributed by atoms with Gasteiger partial charge in [-0.25, -0.2) is 12.8 Å². The predicted molar refractivity (Wildman–Crippen MR) is 106 cm³/mol. The lowest BCUT2D eigenvalue weighted by Crippen LogP contribution is -2.58. The Hall–Kier alpha value is -1.51. The van der Waals surface area contributed by atoms with Crippen molar-refractivity contribution < 1.29 is 17.6 Å². The van der Waals surface area contributed by atoms with Gasteiger partial charge in [0.1, 0.15) is 5.82 Å². The van der Waals surface area contributed by atoms with Gasteiger partial charge in [-0.15, -0.1) is 0 Å². The number of hydrogen-bond donors (Lipinski definition) is 0. The number of carbonyl (C=O) groups excluding carboxylic acids is 1. The molecule has 0 spiro atoms. The lowest BCUT2D eigenvalue weighted by molar-refractivity contribution is -0.143. The zero-order valence-corrected chi connectivity index (χ0v) is 17.7. The summed E-state index contributed by atoms with van der Waals surface area (Å²) < 4.78 is 40.3. The van der Waals surface area contributed by atoms with Crippen molar-refractivity contribution in [1.82, 2.24) is 14.1 Å². The summed E-state index contributed by atoms with van der Waals surface area (Å²) in [6.07, 6.45) is 3.21. The van der Waals surface area contributed by atoms with Crippen LogP contribution in [0.25, 0.3) is 0 Å². The number of piperazine rings is 1. The number of amides is 1. The van der Waals surface area contributed by atoms with Gasteiger partial charge in [0.05, 0.1) is 10.9 Å². The summed E-state index contributed by atoms with van der Waals surface area (Å²) in [6, 6.07) is 5.31. The highest BCUT2D eigenvalue weighted by Crippen LogP contribution is 2.25. The first kappa shape index (κ1) is 21.2. The molecule has 0 unspecified atom stereocenters. The van der Waals surface area contributed by atoms with Crippen molar-refractivity contribution in [2.75, 3.05) is 26.2 Å². The van der Waals surface area contributed by atoms with Gasteiger partial charge >= 0.3 is 0 Å². The molecule has 2 aliphatic heterocycles. The zero-order chi connectivity index (χ0) is 20.5. The molecular weight excluding hydrogens is 381 g/mol. The molecule has 6 nitrogen and oxygen atoms in total. The van der Waals surface area contributed by atoms with Crippen molar-refractivity contribution in [1.29, 1.82) is 0 Å². The van der Waals surface area contributed by atoms with Crippen LogP contribution >= 0.6 is 0 Å². The molecule has 28 heavy (non-hydrogen) atoms. The zero-order valence-electron chi connectivity index (χ0n) is 16.8. The molecule has 0 aromatic heterocycles. The molecule has 0 saturated carbocycles. The van der Waals surface area contributed by atoms with Gasteiger partial charge in [0.2, 0.25) is 15.9 Å². The standard InChI is InChI=1S/C20H30FN3O3S/c1-15-6-4-7-16(2)24(15)20(25)17(3)22-10-12-23(13-11-22)28(26,27)19-9-5-8-18(21)14-19/h5,8-9,14-17H,4,6-7,10-13H2,1-3H3/t15-,16-,17+/m0/s1. The van der Waals surface area contributed by atoms with Gasteiger partial charge in [-0.1, -0.05) is 6.07 Å². The van der Waals surface area contributed by atoms with Crippen LogP contribution in [0.1, 0.15) is 40.0 Å². The van der Waals surface area contributed by atoms with Gasteiger partial charge in [0, 0.05) is 38.3 Å². The molecule has 0 radical (unpaired) electrons. The Morgan fingerprint density at radius 1 is 1.11 bits per heavy atom. The maximum Gasteiger partial charge on any atom is 0.243 e. The maximum atomic E-state index is 13.4. The summed E-state index contributed by atoms with van der Waals surface area (Å²) in [7, 11) is -3.72. The molecule has 156 valence electrons. The first-order chi connectivity index (χ1) is 13.2. The van der Waals surface area contributed by atoms with Crippen LogP contribution in [0.5, 0.6) is 0 Å². The second kappa shape index (κ2) is 8.47. The number of sulfonamides is 1. The first-order valence-corrected chi connectivity index (χ1v) is 11.5. The van der Waals surface area contributed by atoms with Crippen molar-refractivity contribution in [3.8, 4) is 0 Å². The molecule has 0 N–H and O–H groups in total. The first-order valence-electron chi connectivity index (χ1n) is 10.0. The van der Waals surface area contributed by atoms with Crippen molar-refractivity contribution in [3.05, 3.63) is 30.1 Å². The molecule has 3 atom stereocenters. The van der Waals surface area contributed by atoms with Crippen LogP contribution in [0.4, 0.5) is 4.39 Å². The van der Waals surface area contributed by atoms with E-state index in [0.717, 1.165) is 25.3 Å². The van der Waals surface area contributed by atoms with E-state index in [1.54, 1.807) is 0 Å². The minimum absolute atomic E-state index is 0.0268. The number of hydrogen-bond acceptors (Lipinski definition) is 4. The Kier molecular flexibility index (Phi) is 6.41. The Morgan fingerprint density at radius 2 is 1.71 bits per heavy atom. The van der Waals surface area contributed by atoms with E-state index in [0.29, 0.717) is 26.2 Å². The minimum Gasteiger partial charge on any atom is -0.336 e. The van der Waals surface area contributed by atoms with E-state index in [1.807, 2.05) is 16.7 Å². The van der Waals surface area contributed by atoms with Crippen LogP contribution in [0.2, 0.25) is 0 Å². The lowest BCUT2D eigenvalue weighted by atomic mass is 9.96. The number of benzene rings is 1. The van der Waals surface area contributed by atoms with Gasteiger partial charge < -0.3 is 4.90 Å². The fourth-order valence-electron chi connectivity index (χ4n) is 4.34. The topological polar surface area (TPSA) is 60.9 Å². The highest BCUT2D eigenvalue weighted by molar-refractivity contribution is 7.89. The quantitative estimate of drug-likeness (QED) is 0.763. The fraction of sp³-hybridized carbons (Fsp3) is 0.650. The summed E-state index contributed by atoms with van der Waals surface area (Å²) >= 11 is 0. The molecule has 3 rings (SSSR count). The van der Waals surface area contributed by atoms with Crippen LogP contribution in [-0.2, 0) is 14.8 Å². The van der Waals surface area contributed by atoms with Crippen LogP contribution in [0.3, 0.4) is 0 Å². The minimum atomic E-state index is -3.72. The molecular formula is C20H30FN3O3S. The summed E-state index contributed by atoms with van der Waals surface area (Å²) in [5.74, 6) is -0.440. The lowest BCUT2D eigenvalue weighted by Gasteiger charge is -2.43. The van der Waals surface area contributed by atoms with Crippen molar-refractivity contribution in [3.63, 3.8) is 0 Å². The number of carbonyl (C=O) groups is 1. The predicted octanol–water partition coefficient (Wildman–Crippen LogP) is 2.31. The van der Waals surface area contributed by atoms with Gasteiger partial charge in [-0.2, -0.15) is 4.31 Å². The summed E-state index contributed by atoms with van der Waals surface area (Å²) in [5, 5.41) is 0. The molecule has 0 bridgehead atoms. The Morgan fingerprint density at radius 3 is 2.29 bits per heavy atom. The van der Waals surface area contributed by atoms with E-state index >= 15 is 0 Å². The highest BCUT2D eigenvalue weighted by atomic mass is 32.2. The molecule has 2 saturated heterocycles. The Labute approximate surface area is 167 Å². The summed E-state index contributed by atoms with van der Waals surface area (Å²) in [4.78, 5) is 17.1. The maximum absolute atomic E-state index is 13.4. The normalized spacial score (nSPS) is 26.2. The third kappa shape index (κ3) is 4.23. The second-order valence-electron chi connectivity index (χ2n) is 7.95. The number of piperidine rings is 1. The van der Waals surface area contributed by atoms with Crippen molar-refractivity contribution in [2.24, 2.45) is 0 Å². The summed E-state index contributed by atoms with van der Waals surface area (Å²) in [5.41, 5.74) is 0. The average molecular weight is 412 g/mol. The molecule has 0 aliphatic carbocycles. The molecule has 8 heteroatoms. The molecule has 2 aliphatic rings. The smallest absolute Gasteiger partial charge is 0.243 e. The average Bonchev–Trinajstić information content (AvgIpc) is 2.67.